The number of nitro benzene ring substituents is 1. The normalized spacial score (nSPS) is 16.4. The molecule has 0 radical (unpaired) electrons. The maximum atomic E-state index is 12.2. The van der Waals surface area contributed by atoms with Crippen molar-refractivity contribution in [3.05, 3.63) is 86.5 Å². The molecule has 3 aromatic rings. The predicted molar refractivity (Wildman–Crippen MR) is 113 cm³/mol. The van der Waals surface area contributed by atoms with Crippen molar-refractivity contribution in [3.8, 4) is 11.3 Å². The molecule has 1 amide bonds. The number of nitrogens with zero attached hydrogens (tertiary/aromatic N) is 2. The first-order valence-electron chi connectivity index (χ1n) is 8.38. The first-order valence-corrected chi connectivity index (χ1v) is 9.57. The van der Waals surface area contributed by atoms with Crippen molar-refractivity contribution in [2.24, 2.45) is 4.99 Å². The molecule has 7 nitrogen and oxygen atoms in total. The number of carbonyl (C=O) groups is 1. The second-order valence-electron chi connectivity index (χ2n) is 5.97. The van der Waals surface area contributed by atoms with E-state index in [2.05, 4.69) is 10.3 Å². The Hall–Kier alpha value is -3.36. The van der Waals surface area contributed by atoms with Gasteiger partial charge in [-0.3, -0.25) is 14.9 Å². The fraction of sp³-hybridized carbons (Fsp3) is 0. The van der Waals surface area contributed by atoms with Crippen LogP contribution >= 0.6 is 23.4 Å². The van der Waals surface area contributed by atoms with Crippen LogP contribution in [0.1, 0.15) is 5.76 Å². The molecule has 1 saturated heterocycles. The van der Waals surface area contributed by atoms with E-state index in [1.807, 2.05) is 0 Å². The smallest absolute Gasteiger partial charge is 0.270 e. The van der Waals surface area contributed by atoms with Gasteiger partial charge in [-0.05, 0) is 48.2 Å². The quantitative estimate of drug-likeness (QED) is 0.343. The Balaban J connectivity index is 1.54. The van der Waals surface area contributed by atoms with Crippen molar-refractivity contribution < 1.29 is 14.1 Å². The van der Waals surface area contributed by atoms with E-state index in [0.29, 0.717) is 37.9 Å². The third-order valence-electron chi connectivity index (χ3n) is 3.95. The van der Waals surface area contributed by atoms with Crippen LogP contribution in [-0.4, -0.2) is 16.0 Å². The monoisotopic (exact) mass is 425 g/mol. The van der Waals surface area contributed by atoms with E-state index in [0.717, 1.165) is 0 Å². The summed E-state index contributed by atoms with van der Waals surface area (Å²) in [7, 11) is 0. The molecule has 1 N–H and O–H groups in total. The molecule has 9 heteroatoms. The van der Waals surface area contributed by atoms with E-state index in [-0.39, 0.29) is 11.6 Å². The van der Waals surface area contributed by atoms with E-state index in [9.17, 15) is 14.9 Å². The summed E-state index contributed by atoms with van der Waals surface area (Å²) in [5, 5.41) is 14.7. The highest BCUT2D eigenvalue weighted by atomic mass is 35.5. The minimum atomic E-state index is -0.462. The lowest BCUT2D eigenvalue weighted by Gasteiger charge is -1.97. The van der Waals surface area contributed by atoms with Crippen molar-refractivity contribution in [1.29, 1.82) is 0 Å². The summed E-state index contributed by atoms with van der Waals surface area (Å²) in [5.74, 6) is 0.645. The van der Waals surface area contributed by atoms with Gasteiger partial charge in [0, 0.05) is 28.8 Å². The standard InChI is InChI=1S/C20H12ClN3O4S/c21-13-4-6-14(7-5-13)22-20-23-19(25)18(29-20)11-16-8-9-17(28-16)12-2-1-3-15(10-12)24(26)27/h1-11H,(H,22,23,25)/b18-11-. The van der Waals surface area contributed by atoms with Gasteiger partial charge >= 0.3 is 0 Å². The van der Waals surface area contributed by atoms with Gasteiger partial charge in [-0.1, -0.05) is 23.7 Å². The summed E-state index contributed by atoms with van der Waals surface area (Å²) in [6.07, 6.45) is 1.60. The van der Waals surface area contributed by atoms with Crippen molar-refractivity contribution in [2.45, 2.75) is 0 Å². The summed E-state index contributed by atoms with van der Waals surface area (Å²) in [6.45, 7) is 0. The molecule has 1 aliphatic rings. The summed E-state index contributed by atoms with van der Waals surface area (Å²) in [6, 6.07) is 16.5. The lowest BCUT2D eigenvalue weighted by molar-refractivity contribution is -0.384. The Labute approximate surface area is 174 Å². The second kappa shape index (κ2) is 7.94. The molecule has 1 aliphatic heterocycles. The lowest BCUT2D eigenvalue weighted by atomic mass is 10.1. The molecule has 0 unspecified atom stereocenters. The summed E-state index contributed by atoms with van der Waals surface area (Å²) >= 11 is 7.05. The van der Waals surface area contributed by atoms with Crippen LogP contribution in [0.5, 0.6) is 0 Å². The van der Waals surface area contributed by atoms with Gasteiger partial charge in [-0.15, -0.1) is 0 Å². The Bertz CT molecular complexity index is 1170. The lowest BCUT2D eigenvalue weighted by Crippen LogP contribution is -2.19. The van der Waals surface area contributed by atoms with Gasteiger partial charge in [0.2, 0.25) is 0 Å². The van der Waals surface area contributed by atoms with Crippen molar-refractivity contribution in [1.82, 2.24) is 5.32 Å². The van der Waals surface area contributed by atoms with Crippen LogP contribution in [0.2, 0.25) is 5.02 Å². The Morgan fingerprint density at radius 3 is 2.69 bits per heavy atom. The Morgan fingerprint density at radius 1 is 1.14 bits per heavy atom. The summed E-state index contributed by atoms with van der Waals surface area (Å²) in [5.41, 5.74) is 1.23. The highest BCUT2D eigenvalue weighted by Crippen LogP contribution is 2.31. The number of nitro groups is 1. The molecule has 1 fully saturated rings. The van der Waals surface area contributed by atoms with Crippen molar-refractivity contribution >= 4 is 51.9 Å². The van der Waals surface area contributed by atoms with Gasteiger partial charge in [0.05, 0.1) is 15.5 Å². The highest BCUT2D eigenvalue weighted by Gasteiger charge is 2.24. The molecule has 29 heavy (non-hydrogen) atoms. The molecular formula is C20H12ClN3O4S. The highest BCUT2D eigenvalue weighted by molar-refractivity contribution is 8.18. The zero-order chi connectivity index (χ0) is 20.4. The molecule has 0 bridgehead atoms. The molecule has 0 aliphatic carbocycles. The largest absolute Gasteiger partial charge is 0.457 e. The maximum absolute atomic E-state index is 12.2. The number of thioether (sulfide) groups is 1. The number of amidine groups is 1. The Morgan fingerprint density at radius 2 is 1.93 bits per heavy atom. The number of furan rings is 1. The number of non-ortho nitro benzene ring substituents is 1. The molecular weight excluding hydrogens is 414 g/mol. The van der Waals surface area contributed by atoms with Gasteiger partial charge in [0.1, 0.15) is 11.5 Å². The minimum absolute atomic E-state index is 0.0208. The molecule has 0 atom stereocenters. The van der Waals surface area contributed by atoms with E-state index < -0.39 is 4.92 Å². The fourth-order valence-electron chi connectivity index (χ4n) is 2.60. The number of nitrogens with one attached hydrogen (secondary N) is 1. The van der Waals surface area contributed by atoms with Crippen LogP contribution in [0.15, 0.2) is 75.0 Å². The van der Waals surface area contributed by atoms with E-state index >= 15 is 0 Å². The van der Waals surface area contributed by atoms with Crippen LogP contribution in [-0.2, 0) is 4.79 Å². The van der Waals surface area contributed by atoms with Crippen LogP contribution in [0.25, 0.3) is 17.4 Å². The zero-order valence-corrected chi connectivity index (χ0v) is 16.2. The van der Waals surface area contributed by atoms with Gasteiger partial charge < -0.3 is 9.73 Å². The number of benzene rings is 2. The zero-order valence-electron chi connectivity index (χ0n) is 14.7. The average molecular weight is 426 g/mol. The summed E-state index contributed by atoms with van der Waals surface area (Å²) in [4.78, 5) is 27.5. The number of aliphatic imine (C=N–C) groups is 1. The second-order valence-corrected chi connectivity index (χ2v) is 7.43. The number of hydrogen-bond donors (Lipinski definition) is 1. The number of halogens is 1. The van der Waals surface area contributed by atoms with Crippen molar-refractivity contribution in [2.75, 3.05) is 0 Å². The molecule has 0 saturated carbocycles. The number of carbonyl (C=O) groups excluding carboxylic acids is 1. The minimum Gasteiger partial charge on any atom is -0.457 e. The molecule has 0 spiro atoms. The summed E-state index contributed by atoms with van der Waals surface area (Å²) < 4.78 is 5.73. The number of rotatable bonds is 4. The van der Waals surface area contributed by atoms with Crippen LogP contribution in [0.3, 0.4) is 0 Å². The molecule has 2 aromatic carbocycles. The van der Waals surface area contributed by atoms with Crippen LogP contribution in [0.4, 0.5) is 11.4 Å². The van der Waals surface area contributed by atoms with Gasteiger partial charge in [-0.2, -0.15) is 0 Å². The van der Waals surface area contributed by atoms with Crippen molar-refractivity contribution in [3.63, 3.8) is 0 Å². The molecule has 2 heterocycles. The topological polar surface area (TPSA) is 97.7 Å². The maximum Gasteiger partial charge on any atom is 0.270 e. The third-order valence-corrected chi connectivity index (χ3v) is 5.11. The SMILES string of the molecule is O=C1NC(=Nc2ccc(Cl)cc2)S/C1=C\c1ccc(-c2cccc([N+](=O)[O-])c2)o1. The van der Waals surface area contributed by atoms with Gasteiger partial charge in [0.25, 0.3) is 11.6 Å². The molecule has 1 aromatic heterocycles. The van der Waals surface area contributed by atoms with E-state index in [4.69, 9.17) is 16.0 Å². The fourth-order valence-corrected chi connectivity index (χ4v) is 3.55. The van der Waals surface area contributed by atoms with Gasteiger partial charge in [-0.25, -0.2) is 4.99 Å². The average Bonchev–Trinajstić information content (AvgIpc) is 3.31. The number of hydrogen-bond acceptors (Lipinski definition) is 6. The van der Waals surface area contributed by atoms with E-state index in [1.54, 1.807) is 54.6 Å². The van der Waals surface area contributed by atoms with Crippen LogP contribution < -0.4 is 5.32 Å². The Kier molecular flexibility index (Phi) is 5.20. The van der Waals surface area contributed by atoms with E-state index in [1.165, 1.54) is 23.9 Å². The predicted octanol–water partition coefficient (Wildman–Crippen LogP) is 5.40. The molecule has 144 valence electrons. The molecule has 4 rings (SSSR count). The first kappa shape index (κ1) is 19.0. The van der Waals surface area contributed by atoms with Gasteiger partial charge in [0.15, 0.2) is 5.17 Å². The first-order chi connectivity index (χ1) is 14.0. The number of amides is 1. The van der Waals surface area contributed by atoms with Crippen LogP contribution in [0, 0.1) is 10.1 Å². The third kappa shape index (κ3) is 4.39.